The van der Waals surface area contributed by atoms with Crippen molar-refractivity contribution in [1.29, 1.82) is 0 Å². The van der Waals surface area contributed by atoms with E-state index < -0.39 is 0 Å². The second-order valence-corrected chi connectivity index (χ2v) is 14.8. The van der Waals surface area contributed by atoms with Crippen molar-refractivity contribution < 1.29 is 4.42 Å². The lowest BCUT2D eigenvalue weighted by Crippen LogP contribution is -1.97. The maximum absolute atomic E-state index is 6.51. The summed E-state index contributed by atoms with van der Waals surface area (Å²) < 4.78 is 9.08. The Morgan fingerprint density at radius 3 is 1.85 bits per heavy atom. The molecule has 0 saturated heterocycles. The number of thiophene rings is 1. The molecule has 54 heavy (non-hydrogen) atoms. The third-order valence-electron chi connectivity index (χ3n) is 10.5. The highest BCUT2D eigenvalue weighted by molar-refractivity contribution is 7.26. The molecule has 11 rings (SSSR count). The van der Waals surface area contributed by atoms with Gasteiger partial charge in [0.15, 0.2) is 5.82 Å². The highest BCUT2D eigenvalue weighted by Gasteiger charge is 2.19. The summed E-state index contributed by atoms with van der Waals surface area (Å²) in [6, 6.07) is 64.5. The lowest BCUT2D eigenvalue weighted by molar-refractivity contribution is 0.669. The molecular formula is C50H30N2OS. The van der Waals surface area contributed by atoms with E-state index >= 15 is 0 Å². The minimum absolute atomic E-state index is 0.625. The summed E-state index contributed by atoms with van der Waals surface area (Å²) in [6.45, 7) is 0. The lowest BCUT2D eigenvalue weighted by atomic mass is 9.91. The van der Waals surface area contributed by atoms with Crippen LogP contribution in [0.2, 0.25) is 0 Å². The van der Waals surface area contributed by atoms with E-state index in [1.54, 1.807) is 0 Å². The number of para-hydroxylation sites is 2. The number of furan rings is 1. The number of aromatic nitrogens is 2. The van der Waals surface area contributed by atoms with Gasteiger partial charge in [0.25, 0.3) is 0 Å². The molecule has 0 radical (unpaired) electrons. The SMILES string of the molecule is c1ccc(-c2cc(-c3cc(-c4cccc5ccccc45)cc(-c4cccc5c4sc4ccccc45)c3)nc(-c3cccc4c3oc3ccccc34)n2)cc1. The van der Waals surface area contributed by atoms with Gasteiger partial charge in [-0.15, -0.1) is 11.3 Å². The molecule has 3 heterocycles. The van der Waals surface area contributed by atoms with E-state index in [4.69, 9.17) is 14.4 Å². The summed E-state index contributed by atoms with van der Waals surface area (Å²) >= 11 is 1.86. The van der Waals surface area contributed by atoms with E-state index in [0.717, 1.165) is 61.1 Å². The molecule has 0 spiro atoms. The Labute approximate surface area is 315 Å². The number of rotatable bonds is 5. The second kappa shape index (κ2) is 12.4. The van der Waals surface area contributed by atoms with Crippen LogP contribution in [-0.2, 0) is 0 Å². The van der Waals surface area contributed by atoms with Gasteiger partial charge in [0, 0.05) is 42.1 Å². The molecule has 3 aromatic heterocycles. The summed E-state index contributed by atoms with van der Waals surface area (Å²) in [5, 5.41) is 7.13. The Morgan fingerprint density at radius 2 is 0.981 bits per heavy atom. The Morgan fingerprint density at radius 1 is 0.389 bits per heavy atom. The smallest absolute Gasteiger partial charge is 0.164 e. The van der Waals surface area contributed by atoms with Crippen LogP contribution in [0.1, 0.15) is 0 Å². The normalized spacial score (nSPS) is 11.7. The quantitative estimate of drug-likeness (QED) is 0.179. The highest BCUT2D eigenvalue weighted by Crippen LogP contribution is 2.43. The third-order valence-corrected chi connectivity index (χ3v) is 11.7. The van der Waals surface area contributed by atoms with Gasteiger partial charge < -0.3 is 4.42 Å². The van der Waals surface area contributed by atoms with Crippen LogP contribution >= 0.6 is 11.3 Å². The van der Waals surface area contributed by atoms with Crippen LogP contribution in [-0.4, -0.2) is 9.97 Å². The molecule has 0 atom stereocenters. The van der Waals surface area contributed by atoms with Gasteiger partial charge in [-0.25, -0.2) is 9.97 Å². The first-order chi connectivity index (χ1) is 26.7. The number of hydrogen-bond donors (Lipinski definition) is 0. The second-order valence-electron chi connectivity index (χ2n) is 13.7. The van der Waals surface area contributed by atoms with Crippen molar-refractivity contribution in [3.63, 3.8) is 0 Å². The first-order valence-electron chi connectivity index (χ1n) is 18.1. The number of nitrogens with zero attached hydrogens (tertiary/aromatic N) is 2. The van der Waals surface area contributed by atoms with Gasteiger partial charge in [0.05, 0.1) is 17.0 Å². The average Bonchev–Trinajstić information content (AvgIpc) is 3.82. The molecule has 0 unspecified atom stereocenters. The largest absolute Gasteiger partial charge is 0.455 e. The van der Waals surface area contributed by atoms with E-state index in [0.29, 0.717) is 5.82 Å². The van der Waals surface area contributed by atoms with Crippen molar-refractivity contribution in [3.05, 3.63) is 182 Å². The number of hydrogen-bond acceptors (Lipinski definition) is 4. The van der Waals surface area contributed by atoms with Crippen LogP contribution in [0.15, 0.2) is 186 Å². The summed E-state index contributed by atoms with van der Waals surface area (Å²) in [6.07, 6.45) is 0. The van der Waals surface area contributed by atoms with Crippen molar-refractivity contribution in [1.82, 2.24) is 9.97 Å². The van der Waals surface area contributed by atoms with Gasteiger partial charge in [-0.05, 0) is 75.5 Å². The molecule has 11 aromatic rings. The molecular weight excluding hydrogens is 677 g/mol. The Kier molecular flexibility index (Phi) is 7.04. The average molecular weight is 707 g/mol. The Balaban J connectivity index is 1.19. The van der Waals surface area contributed by atoms with Crippen molar-refractivity contribution in [2.24, 2.45) is 0 Å². The van der Waals surface area contributed by atoms with Crippen molar-refractivity contribution in [2.75, 3.05) is 0 Å². The fourth-order valence-electron chi connectivity index (χ4n) is 7.93. The maximum Gasteiger partial charge on any atom is 0.164 e. The summed E-state index contributed by atoms with van der Waals surface area (Å²) in [4.78, 5) is 10.6. The van der Waals surface area contributed by atoms with Crippen LogP contribution in [0.4, 0.5) is 0 Å². The van der Waals surface area contributed by atoms with Crippen LogP contribution < -0.4 is 0 Å². The van der Waals surface area contributed by atoms with Crippen LogP contribution in [0.3, 0.4) is 0 Å². The molecule has 0 aliphatic rings. The first-order valence-corrected chi connectivity index (χ1v) is 19.0. The standard InChI is InChI=1S/C50H30N2OS/c1-2-14-32(15-3-1)44-30-45(52-50(51-44)43-24-12-22-41-39-18-6-8-25-46(39)53-48(41)43)35-28-33(37-20-10-16-31-13-4-5-17-36(31)37)27-34(29-35)38-21-11-23-42-40-19-7-9-26-47(40)54-49(38)42/h1-30H. The minimum Gasteiger partial charge on any atom is -0.455 e. The number of benzene rings is 8. The minimum atomic E-state index is 0.625. The molecule has 8 aromatic carbocycles. The maximum atomic E-state index is 6.51. The zero-order valence-corrected chi connectivity index (χ0v) is 29.8. The van der Waals surface area contributed by atoms with Crippen LogP contribution in [0.25, 0.3) is 109 Å². The third kappa shape index (κ3) is 5.03. The Bertz CT molecular complexity index is 3220. The van der Waals surface area contributed by atoms with E-state index in [1.165, 1.54) is 42.1 Å². The molecule has 252 valence electrons. The van der Waals surface area contributed by atoms with Crippen molar-refractivity contribution in [2.45, 2.75) is 0 Å². The van der Waals surface area contributed by atoms with Crippen molar-refractivity contribution >= 4 is 64.2 Å². The van der Waals surface area contributed by atoms with Gasteiger partial charge in [-0.1, -0.05) is 140 Å². The number of fused-ring (bicyclic) bond motifs is 7. The van der Waals surface area contributed by atoms with Gasteiger partial charge in [-0.3, -0.25) is 0 Å². The molecule has 0 saturated carbocycles. The fraction of sp³-hybridized carbons (Fsp3) is 0. The van der Waals surface area contributed by atoms with Gasteiger partial charge >= 0.3 is 0 Å². The summed E-state index contributed by atoms with van der Waals surface area (Å²) in [5.74, 6) is 0.625. The fourth-order valence-corrected chi connectivity index (χ4v) is 9.17. The van der Waals surface area contributed by atoms with Crippen LogP contribution in [0.5, 0.6) is 0 Å². The summed E-state index contributed by atoms with van der Waals surface area (Å²) in [5.41, 5.74) is 10.9. The van der Waals surface area contributed by atoms with Gasteiger partial charge in [0.2, 0.25) is 0 Å². The predicted molar refractivity (Wildman–Crippen MR) is 227 cm³/mol. The predicted octanol–water partition coefficient (Wildman–Crippen LogP) is 14.2. The zero-order chi connectivity index (χ0) is 35.6. The van der Waals surface area contributed by atoms with Crippen molar-refractivity contribution in [3.8, 4) is 56.2 Å². The molecule has 0 bridgehead atoms. The van der Waals surface area contributed by atoms with Gasteiger partial charge in [-0.2, -0.15) is 0 Å². The Hall–Kier alpha value is -6.88. The first kappa shape index (κ1) is 30.7. The molecule has 0 N–H and O–H groups in total. The highest BCUT2D eigenvalue weighted by atomic mass is 32.1. The van der Waals surface area contributed by atoms with E-state index in [2.05, 4.69) is 164 Å². The van der Waals surface area contributed by atoms with E-state index in [1.807, 2.05) is 29.5 Å². The molecule has 0 fully saturated rings. The molecule has 3 nitrogen and oxygen atoms in total. The lowest BCUT2D eigenvalue weighted by Gasteiger charge is -2.15. The van der Waals surface area contributed by atoms with Crippen LogP contribution in [0, 0.1) is 0 Å². The molecule has 0 amide bonds. The van der Waals surface area contributed by atoms with E-state index in [-0.39, 0.29) is 0 Å². The monoisotopic (exact) mass is 706 g/mol. The molecule has 0 aliphatic carbocycles. The molecule has 0 aliphatic heterocycles. The zero-order valence-electron chi connectivity index (χ0n) is 29.0. The topological polar surface area (TPSA) is 38.9 Å². The van der Waals surface area contributed by atoms with E-state index in [9.17, 15) is 0 Å². The van der Waals surface area contributed by atoms with Gasteiger partial charge in [0.1, 0.15) is 11.2 Å². The molecule has 4 heteroatoms. The summed E-state index contributed by atoms with van der Waals surface area (Å²) in [7, 11) is 0.